The average Bonchev–Trinajstić information content (AvgIpc) is 2.77. The molecule has 2 N–H and O–H groups in total. The number of para-hydroxylation sites is 1. The first-order chi connectivity index (χ1) is 14.5. The van der Waals surface area contributed by atoms with E-state index in [2.05, 4.69) is 15.3 Å². The third-order valence-electron chi connectivity index (χ3n) is 4.40. The number of nitrogens with zero attached hydrogens (tertiary/aromatic N) is 1. The van der Waals surface area contributed by atoms with Crippen LogP contribution < -0.4 is 25.1 Å². The van der Waals surface area contributed by atoms with Crippen LogP contribution in [0.1, 0.15) is 11.4 Å². The minimum absolute atomic E-state index is 0.111. The lowest BCUT2D eigenvalue weighted by atomic mass is 10.2. The van der Waals surface area contributed by atoms with E-state index < -0.39 is 0 Å². The van der Waals surface area contributed by atoms with Gasteiger partial charge in [0, 0.05) is 18.2 Å². The largest absolute Gasteiger partial charge is 0.496 e. The van der Waals surface area contributed by atoms with Crippen LogP contribution >= 0.6 is 11.8 Å². The van der Waals surface area contributed by atoms with E-state index in [4.69, 9.17) is 14.2 Å². The highest BCUT2D eigenvalue weighted by atomic mass is 32.2. The highest BCUT2D eigenvalue weighted by Crippen LogP contribution is 2.30. The molecule has 0 aliphatic carbocycles. The maximum atomic E-state index is 12.4. The summed E-state index contributed by atoms with van der Waals surface area (Å²) in [5.74, 6) is 2.70. The van der Waals surface area contributed by atoms with Crippen molar-refractivity contribution in [1.82, 2.24) is 15.3 Å². The zero-order chi connectivity index (χ0) is 21.5. The lowest BCUT2D eigenvalue weighted by molar-refractivity contribution is -0.118. The molecule has 9 heteroatoms. The van der Waals surface area contributed by atoms with Crippen LogP contribution in [-0.2, 0) is 17.1 Å². The molecule has 0 aliphatic rings. The van der Waals surface area contributed by atoms with E-state index in [1.165, 1.54) is 26.0 Å². The molecular weight excluding hydrogens is 406 g/mol. The first-order valence-electron chi connectivity index (χ1n) is 9.17. The predicted molar refractivity (Wildman–Crippen MR) is 116 cm³/mol. The Bertz CT molecular complexity index is 1100. The fourth-order valence-corrected chi connectivity index (χ4v) is 3.64. The van der Waals surface area contributed by atoms with Crippen LogP contribution in [0.25, 0.3) is 10.9 Å². The second kappa shape index (κ2) is 10.0. The van der Waals surface area contributed by atoms with Gasteiger partial charge in [0.2, 0.25) is 5.91 Å². The van der Waals surface area contributed by atoms with Crippen LogP contribution in [0.5, 0.6) is 17.2 Å². The van der Waals surface area contributed by atoms with Gasteiger partial charge in [-0.2, -0.15) is 0 Å². The van der Waals surface area contributed by atoms with Crippen molar-refractivity contribution in [2.45, 2.75) is 12.3 Å². The smallest absolute Gasteiger partial charge is 0.258 e. The molecule has 0 unspecified atom stereocenters. The topological polar surface area (TPSA) is 103 Å². The number of aromatic nitrogens is 2. The van der Waals surface area contributed by atoms with E-state index in [0.717, 1.165) is 11.3 Å². The third kappa shape index (κ3) is 5.04. The lowest BCUT2D eigenvalue weighted by Gasteiger charge is -2.10. The summed E-state index contributed by atoms with van der Waals surface area (Å²) in [6, 6.07) is 10.8. The summed E-state index contributed by atoms with van der Waals surface area (Å²) >= 11 is 1.36. The summed E-state index contributed by atoms with van der Waals surface area (Å²) in [6.45, 7) is 0.385. The molecule has 1 aromatic heterocycles. The molecular formula is C21H23N3O5S. The summed E-state index contributed by atoms with van der Waals surface area (Å²) in [6.07, 6.45) is 0. The van der Waals surface area contributed by atoms with Crippen molar-refractivity contribution in [2.24, 2.45) is 0 Å². The van der Waals surface area contributed by atoms with Gasteiger partial charge in [0.15, 0.2) is 11.5 Å². The minimum atomic E-state index is -0.267. The van der Waals surface area contributed by atoms with Gasteiger partial charge in [0.25, 0.3) is 5.56 Å². The van der Waals surface area contributed by atoms with E-state index in [1.807, 2.05) is 24.3 Å². The monoisotopic (exact) mass is 429 g/mol. The van der Waals surface area contributed by atoms with E-state index >= 15 is 0 Å². The van der Waals surface area contributed by atoms with E-state index in [1.54, 1.807) is 19.2 Å². The summed E-state index contributed by atoms with van der Waals surface area (Å²) in [7, 11) is 4.63. The number of nitrogens with one attached hydrogen (secondary N) is 2. The molecule has 30 heavy (non-hydrogen) atoms. The van der Waals surface area contributed by atoms with Crippen molar-refractivity contribution in [3.63, 3.8) is 0 Å². The Morgan fingerprint density at radius 1 is 1.07 bits per heavy atom. The molecule has 0 saturated carbocycles. The molecule has 0 fully saturated rings. The Morgan fingerprint density at radius 3 is 2.50 bits per heavy atom. The number of thioether (sulfide) groups is 1. The van der Waals surface area contributed by atoms with Gasteiger partial charge in [-0.05, 0) is 12.1 Å². The molecule has 0 saturated heterocycles. The normalized spacial score (nSPS) is 10.6. The Balaban J connectivity index is 1.60. The number of H-pyrrole nitrogens is 1. The van der Waals surface area contributed by atoms with Crippen molar-refractivity contribution in [3.8, 4) is 17.2 Å². The van der Waals surface area contributed by atoms with Crippen molar-refractivity contribution in [3.05, 3.63) is 58.1 Å². The molecule has 1 amide bonds. The van der Waals surface area contributed by atoms with Crippen molar-refractivity contribution in [2.75, 3.05) is 27.1 Å². The quantitative estimate of drug-likeness (QED) is 0.539. The molecule has 0 spiro atoms. The summed E-state index contributed by atoms with van der Waals surface area (Å²) < 4.78 is 15.8. The van der Waals surface area contributed by atoms with Crippen LogP contribution in [0.2, 0.25) is 0 Å². The van der Waals surface area contributed by atoms with E-state index in [0.29, 0.717) is 40.5 Å². The van der Waals surface area contributed by atoms with Gasteiger partial charge in [-0.25, -0.2) is 4.98 Å². The van der Waals surface area contributed by atoms with Crippen LogP contribution in [0.3, 0.4) is 0 Å². The van der Waals surface area contributed by atoms with Gasteiger partial charge < -0.3 is 24.5 Å². The SMILES string of the molecule is COc1ccccc1CNC(=O)CSCc1nc2cc(OC)c(OC)cc2c(=O)[nH]1. The number of rotatable bonds is 9. The van der Waals surface area contributed by atoms with Gasteiger partial charge in [0.05, 0.1) is 43.7 Å². The Morgan fingerprint density at radius 2 is 1.77 bits per heavy atom. The number of methoxy groups -OCH3 is 3. The number of ether oxygens (including phenoxy) is 3. The maximum Gasteiger partial charge on any atom is 0.258 e. The maximum absolute atomic E-state index is 12.4. The fraction of sp³-hybridized carbons (Fsp3) is 0.286. The molecule has 1 heterocycles. The first-order valence-corrected chi connectivity index (χ1v) is 10.3. The molecule has 0 bridgehead atoms. The van der Waals surface area contributed by atoms with Crippen molar-refractivity contribution >= 4 is 28.6 Å². The average molecular weight is 429 g/mol. The van der Waals surface area contributed by atoms with Crippen molar-refractivity contribution in [1.29, 1.82) is 0 Å². The Hall–Kier alpha value is -3.20. The van der Waals surface area contributed by atoms with E-state index in [-0.39, 0.29) is 17.2 Å². The second-order valence-electron chi connectivity index (χ2n) is 6.32. The number of fused-ring (bicyclic) bond motifs is 1. The highest BCUT2D eigenvalue weighted by molar-refractivity contribution is 7.99. The number of carbonyl (C=O) groups is 1. The number of benzene rings is 2. The minimum Gasteiger partial charge on any atom is -0.496 e. The molecule has 0 atom stereocenters. The number of aromatic amines is 1. The predicted octanol–water partition coefficient (Wildman–Crippen LogP) is 2.50. The summed E-state index contributed by atoms with van der Waals surface area (Å²) in [5.41, 5.74) is 1.15. The number of hydrogen-bond acceptors (Lipinski definition) is 7. The van der Waals surface area contributed by atoms with Crippen LogP contribution in [-0.4, -0.2) is 43.0 Å². The van der Waals surface area contributed by atoms with Crippen LogP contribution in [0.4, 0.5) is 0 Å². The zero-order valence-electron chi connectivity index (χ0n) is 17.0. The number of hydrogen-bond donors (Lipinski definition) is 2. The molecule has 3 aromatic rings. The van der Waals surface area contributed by atoms with Gasteiger partial charge in [0.1, 0.15) is 11.6 Å². The van der Waals surface area contributed by atoms with Crippen molar-refractivity contribution < 1.29 is 19.0 Å². The molecule has 0 aliphatic heterocycles. The second-order valence-corrected chi connectivity index (χ2v) is 7.30. The highest BCUT2D eigenvalue weighted by Gasteiger charge is 2.12. The van der Waals surface area contributed by atoms with Gasteiger partial charge in [-0.15, -0.1) is 11.8 Å². The number of amides is 1. The standard InChI is InChI=1S/C21H23N3O5S/c1-27-16-7-5-4-6-13(16)10-22-20(25)12-30-11-19-23-15-9-18(29-3)17(28-2)8-14(15)21(26)24-19/h4-9H,10-12H2,1-3H3,(H,22,25)(H,23,24,26). The van der Waals surface area contributed by atoms with E-state index in [9.17, 15) is 9.59 Å². The molecule has 158 valence electrons. The molecule has 2 aromatic carbocycles. The Kier molecular flexibility index (Phi) is 7.18. The zero-order valence-corrected chi connectivity index (χ0v) is 17.8. The lowest BCUT2D eigenvalue weighted by Crippen LogP contribution is -2.25. The van der Waals surface area contributed by atoms with Gasteiger partial charge in [-0.3, -0.25) is 9.59 Å². The molecule has 0 radical (unpaired) electrons. The van der Waals surface area contributed by atoms with Gasteiger partial charge >= 0.3 is 0 Å². The Labute approximate surface area is 178 Å². The third-order valence-corrected chi connectivity index (χ3v) is 5.34. The number of carbonyl (C=O) groups excluding carboxylic acids is 1. The van der Waals surface area contributed by atoms with Gasteiger partial charge in [-0.1, -0.05) is 18.2 Å². The first kappa shape index (κ1) is 21.5. The van der Waals surface area contributed by atoms with Crippen LogP contribution in [0.15, 0.2) is 41.2 Å². The molecule has 8 nitrogen and oxygen atoms in total. The fourth-order valence-electron chi connectivity index (χ4n) is 2.92. The van der Waals surface area contributed by atoms with Crippen LogP contribution in [0, 0.1) is 0 Å². The summed E-state index contributed by atoms with van der Waals surface area (Å²) in [5, 5.41) is 3.28. The molecule has 3 rings (SSSR count). The summed E-state index contributed by atoms with van der Waals surface area (Å²) in [4.78, 5) is 31.8.